The normalized spacial score (nSPS) is 16.4. The summed E-state index contributed by atoms with van der Waals surface area (Å²) in [5, 5.41) is 13.6. The van der Waals surface area contributed by atoms with Gasteiger partial charge in [-0.2, -0.15) is 0 Å². The summed E-state index contributed by atoms with van der Waals surface area (Å²) in [7, 11) is 1.77. The summed E-state index contributed by atoms with van der Waals surface area (Å²) in [5.41, 5.74) is 0.367. The molecule has 1 aromatic heterocycles. The van der Waals surface area contributed by atoms with Crippen LogP contribution in [0.4, 0.5) is 5.82 Å². The molecule has 1 aliphatic rings. The van der Waals surface area contributed by atoms with Gasteiger partial charge in [-0.15, -0.1) is 10.2 Å². The molecule has 0 aliphatic heterocycles. The molecule has 5 nitrogen and oxygen atoms in total. The number of nitrogens with one attached hydrogen (secondary N) is 2. The van der Waals surface area contributed by atoms with Gasteiger partial charge in [0.15, 0.2) is 5.69 Å². The smallest absolute Gasteiger partial charge is 0.272 e. The van der Waals surface area contributed by atoms with Crippen molar-refractivity contribution in [1.82, 2.24) is 15.5 Å². The summed E-state index contributed by atoms with van der Waals surface area (Å²) in [6, 6.07) is 3.63. The second-order valence-corrected chi connectivity index (χ2v) is 4.61. The third-order valence-electron chi connectivity index (χ3n) is 2.91. The van der Waals surface area contributed by atoms with Crippen LogP contribution in [-0.2, 0) is 0 Å². The zero-order valence-corrected chi connectivity index (χ0v) is 10.2. The molecule has 0 aromatic carbocycles. The fourth-order valence-corrected chi connectivity index (χ4v) is 1.80. The van der Waals surface area contributed by atoms with E-state index in [0.29, 0.717) is 11.5 Å². The molecule has 1 aromatic rings. The number of amides is 1. The van der Waals surface area contributed by atoms with Gasteiger partial charge >= 0.3 is 0 Å². The van der Waals surface area contributed by atoms with Crippen molar-refractivity contribution in [3.05, 3.63) is 17.8 Å². The first-order valence-electron chi connectivity index (χ1n) is 6.01. The third kappa shape index (κ3) is 3.41. The summed E-state index contributed by atoms with van der Waals surface area (Å²) >= 11 is 0. The fourth-order valence-electron chi connectivity index (χ4n) is 1.80. The van der Waals surface area contributed by atoms with Crippen molar-refractivity contribution in [3.8, 4) is 0 Å². The van der Waals surface area contributed by atoms with E-state index in [9.17, 15) is 4.79 Å². The molecule has 0 radical (unpaired) electrons. The first-order chi connectivity index (χ1) is 8.19. The Labute approximate surface area is 101 Å². The Hall–Kier alpha value is -1.65. The van der Waals surface area contributed by atoms with Gasteiger partial charge in [-0.25, -0.2) is 0 Å². The maximum Gasteiger partial charge on any atom is 0.272 e. The lowest BCUT2D eigenvalue weighted by Gasteiger charge is -2.12. The van der Waals surface area contributed by atoms with Crippen molar-refractivity contribution >= 4 is 11.7 Å². The third-order valence-corrected chi connectivity index (χ3v) is 2.91. The molecule has 1 aliphatic carbocycles. The van der Waals surface area contributed by atoms with E-state index in [1.54, 1.807) is 19.2 Å². The van der Waals surface area contributed by atoms with Gasteiger partial charge in [-0.1, -0.05) is 12.8 Å². The van der Waals surface area contributed by atoms with E-state index in [1.807, 2.05) is 6.92 Å². The largest absolute Gasteiger partial charge is 0.372 e. The molecule has 17 heavy (non-hydrogen) atoms. The van der Waals surface area contributed by atoms with Crippen molar-refractivity contribution < 1.29 is 4.79 Å². The molecule has 1 unspecified atom stereocenters. The molecule has 0 bridgehead atoms. The van der Waals surface area contributed by atoms with E-state index in [4.69, 9.17) is 0 Å². The Morgan fingerprint density at radius 3 is 2.76 bits per heavy atom. The minimum atomic E-state index is -0.145. The number of nitrogens with zero attached hydrogens (tertiary/aromatic N) is 2. The zero-order valence-electron chi connectivity index (χ0n) is 10.2. The highest BCUT2D eigenvalue weighted by Crippen LogP contribution is 2.33. The van der Waals surface area contributed by atoms with E-state index in [2.05, 4.69) is 20.8 Å². The number of aromatic nitrogens is 2. The van der Waals surface area contributed by atoms with Crippen LogP contribution in [0.15, 0.2) is 12.1 Å². The molecule has 2 N–H and O–H groups in total. The molecule has 0 saturated heterocycles. The second kappa shape index (κ2) is 5.12. The Bertz CT molecular complexity index is 386. The lowest BCUT2D eigenvalue weighted by Crippen LogP contribution is -2.33. The van der Waals surface area contributed by atoms with Gasteiger partial charge in [-0.3, -0.25) is 4.79 Å². The highest BCUT2D eigenvalue weighted by Gasteiger charge is 2.24. The van der Waals surface area contributed by atoms with Gasteiger partial charge in [0.05, 0.1) is 0 Å². The van der Waals surface area contributed by atoms with E-state index >= 15 is 0 Å². The molecule has 1 atom stereocenters. The number of hydrogen-bond acceptors (Lipinski definition) is 4. The predicted molar refractivity (Wildman–Crippen MR) is 65.8 cm³/mol. The molecular weight excluding hydrogens is 216 g/mol. The van der Waals surface area contributed by atoms with Crippen LogP contribution in [0.3, 0.4) is 0 Å². The fraction of sp³-hybridized carbons (Fsp3) is 0.583. The van der Waals surface area contributed by atoms with Gasteiger partial charge < -0.3 is 10.6 Å². The maximum absolute atomic E-state index is 11.8. The number of hydrogen-bond donors (Lipinski definition) is 2. The predicted octanol–water partition coefficient (Wildman–Crippen LogP) is 1.44. The summed E-state index contributed by atoms with van der Waals surface area (Å²) in [5.74, 6) is 1.32. The molecule has 5 heteroatoms. The molecule has 0 spiro atoms. The van der Waals surface area contributed by atoms with E-state index in [-0.39, 0.29) is 11.9 Å². The number of carbonyl (C=O) groups is 1. The number of rotatable bonds is 5. The number of anilines is 1. The average molecular weight is 234 g/mol. The Kier molecular flexibility index (Phi) is 3.56. The maximum atomic E-state index is 11.8. The molecular formula is C12H18N4O. The first kappa shape index (κ1) is 11.8. The van der Waals surface area contributed by atoms with Crippen molar-refractivity contribution in [2.75, 3.05) is 12.4 Å². The topological polar surface area (TPSA) is 66.9 Å². The zero-order chi connectivity index (χ0) is 12.3. The monoisotopic (exact) mass is 234 g/mol. The minimum Gasteiger partial charge on any atom is -0.372 e. The molecule has 92 valence electrons. The average Bonchev–Trinajstić information content (AvgIpc) is 3.12. The van der Waals surface area contributed by atoms with Crippen LogP contribution in [0, 0.1) is 5.92 Å². The minimum absolute atomic E-state index is 0.145. The van der Waals surface area contributed by atoms with Crippen molar-refractivity contribution in [3.63, 3.8) is 0 Å². The van der Waals surface area contributed by atoms with Gasteiger partial charge in [0.1, 0.15) is 5.82 Å². The first-order valence-corrected chi connectivity index (χ1v) is 6.01. The van der Waals surface area contributed by atoms with Crippen molar-refractivity contribution in [2.45, 2.75) is 32.2 Å². The van der Waals surface area contributed by atoms with Crippen molar-refractivity contribution in [1.29, 1.82) is 0 Å². The van der Waals surface area contributed by atoms with Gasteiger partial charge in [0, 0.05) is 13.1 Å². The molecule has 1 amide bonds. The van der Waals surface area contributed by atoms with E-state index in [1.165, 1.54) is 12.8 Å². The van der Waals surface area contributed by atoms with E-state index in [0.717, 1.165) is 12.3 Å². The summed E-state index contributed by atoms with van der Waals surface area (Å²) in [6.45, 7) is 2.03. The van der Waals surface area contributed by atoms with Crippen LogP contribution in [0.2, 0.25) is 0 Å². The van der Waals surface area contributed by atoms with Crippen LogP contribution < -0.4 is 10.6 Å². The molecule has 1 saturated carbocycles. The molecule has 1 heterocycles. The van der Waals surface area contributed by atoms with Crippen LogP contribution in [-0.4, -0.2) is 29.2 Å². The summed E-state index contributed by atoms with van der Waals surface area (Å²) < 4.78 is 0. The van der Waals surface area contributed by atoms with Crippen LogP contribution >= 0.6 is 0 Å². The highest BCUT2D eigenvalue weighted by molar-refractivity contribution is 5.92. The molecule has 2 rings (SSSR count). The quantitative estimate of drug-likeness (QED) is 0.809. The Balaban J connectivity index is 1.88. The van der Waals surface area contributed by atoms with Gasteiger partial charge in [-0.05, 0) is 31.4 Å². The molecule has 1 fully saturated rings. The SMILES string of the molecule is CNc1ccc(C(=O)NC(C)CC2CC2)nn1. The standard InChI is InChI=1S/C12H18N4O/c1-8(7-9-3-4-9)14-12(17)10-5-6-11(13-2)16-15-10/h5-6,8-9H,3-4,7H2,1-2H3,(H,13,16)(H,14,17). The van der Waals surface area contributed by atoms with Crippen LogP contribution in [0.25, 0.3) is 0 Å². The van der Waals surface area contributed by atoms with Crippen LogP contribution in [0.1, 0.15) is 36.7 Å². The number of carbonyl (C=O) groups excluding carboxylic acids is 1. The van der Waals surface area contributed by atoms with Crippen molar-refractivity contribution in [2.24, 2.45) is 5.92 Å². The van der Waals surface area contributed by atoms with Crippen LogP contribution in [0.5, 0.6) is 0 Å². The lowest BCUT2D eigenvalue weighted by molar-refractivity contribution is 0.0931. The Morgan fingerprint density at radius 2 is 2.24 bits per heavy atom. The summed E-state index contributed by atoms with van der Waals surface area (Å²) in [4.78, 5) is 11.8. The highest BCUT2D eigenvalue weighted by atomic mass is 16.2. The Morgan fingerprint density at radius 1 is 1.47 bits per heavy atom. The van der Waals surface area contributed by atoms with E-state index < -0.39 is 0 Å². The van der Waals surface area contributed by atoms with Gasteiger partial charge in [0.25, 0.3) is 5.91 Å². The lowest BCUT2D eigenvalue weighted by atomic mass is 10.1. The summed E-state index contributed by atoms with van der Waals surface area (Å²) in [6.07, 6.45) is 3.67. The second-order valence-electron chi connectivity index (χ2n) is 4.61. The van der Waals surface area contributed by atoms with Gasteiger partial charge in [0.2, 0.25) is 0 Å².